The summed E-state index contributed by atoms with van der Waals surface area (Å²) in [4.78, 5) is 16.0. The number of ether oxygens (including phenoxy) is 2. The van der Waals surface area contributed by atoms with Crippen molar-refractivity contribution < 1.29 is 14.3 Å². The number of thiophene rings is 1. The molecule has 31 heavy (non-hydrogen) atoms. The van der Waals surface area contributed by atoms with Crippen molar-refractivity contribution in [2.75, 3.05) is 36.5 Å². The molecule has 0 spiro atoms. The monoisotopic (exact) mass is 500 g/mol. The Bertz CT molecular complexity index is 1080. The van der Waals surface area contributed by atoms with Gasteiger partial charge in [0.15, 0.2) is 17.3 Å². The molecule has 0 saturated carbocycles. The van der Waals surface area contributed by atoms with E-state index in [0.29, 0.717) is 19.0 Å². The van der Waals surface area contributed by atoms with Crippen molar-refractivity contribution in [1.82, 2.24) is 10.2 Å². The first-order chi connectivity index (χ1) is 15.2. The van der Waals surface area contributed by atoms with Crippen molar-refractivity contribution >= 4 is 44.7 Å². The molecule has 2 aromatic heterocycles. The molecule has 5 rings (SSSR count). The fourth-order valence-corrected chi connectivity index (χ4v) is 5.16. The minimum Gasteiger partial charge on any atom is -0.486 e. The molecule has 2 aliphatic rings. The number of piperidine rings is 1. The van der Waals surface area contributed by atoms with Gasteiger partial charge in [0.1, 0.15) is 18.9 Å². The number of halogens is 1. The van der Waals surface area contributed by atoms with Gasteiger partial charge in [0.05, 0.1) is 8.66 Å². The summed E-state index contributed by atoms with van der Waals surface area (Å²) < 4.78 is 12.2. The van der Waals surface area contributed by atoms with Crippen LogP contribution in [0.15, 0.2) is 46.3 Å². The summed E-state index contributed by atoms with van der Waals surface area (Å²) in [5.41, 5.74) is 1.60. The lowest BCUT2D eigenvalue weighted by molar-refractivity contribution is -0.120. The Labute approximate surface area is 192 Å². The van der Waals surface area contributed by atoms with E-state index in [1.54, 1.807) is 11.3 Å². The number of carbonyl (C=O) groups is 1. The van der Waals surface area contributed by atoms with E-state index in [4.69, 9.17) is 9.47 Å². The van der Waals surface area contributed by atoms with Crippen LogP contribution in [0.4, 0.5) is 11.5 Å². The highest BCUT2D eigenvalue weighted by Gasteiger charge is 2.26. The van der Waals surface area contributed by atoms with E-state index in [1.807, 2.05) is 42.5 Å². The zero-order valence-corrected chi connectivity index (χ0v) is 19.1. The molecule has 9 heteroatoms. The van der Waals surface area contributed by atoms with Gasteiger partial charge in [0, 0.05) is 30.8 Å². The topological polar surface area (TPSA) is 76.6 Å². The first-order valence-electron chi connectivity index (χ1n) is 10.2. The fourth-order valence-electron chi connectivity index (χ4n) is 3.81. The van der Waals surface area contributed by atoms with Crippen LogP contribution in [0.2, 0.25) is 0 Å². The summed E-state index contributed by atoms with van der Waals surface area (Å²) in [5, 5.41) is 11.8. The van der Waals surface area contributed by atoms with E-state index in [9.17, 15) is 4.79 Å². The van der Waals surface area contributed by atoms with Gasteiger partial charge in [-0.1, -0.05) is 0 Å². The fraction of sp³-hybridized carbons (Fsp3) is 0.318. The van der Waals surface area contributed by atoms with Gasteiger partial charge in [0.2, 0.25) is 5.91 Å². The quantitative estimate of drug-likeness (QED) is 0.564. The first-order valence-corrected chi connectivity index (χ1v) is 11.8. The van der Waals surface area contributed by atoms with Gasteiger partial charge >= 0.3 is 0 Å². The number of benzene rings is 1. The number of nitrogens with one attached hydrogen (secondary N) is 1. The van der Waals surface area contributed by atoms with E-state index in [-0.39, 0.29) is 11.8 Å². The van der Waals surface area contributed by atoms with Gasteiger partial charge in [-0.2, -0.15) is 0 Å². The van der Waals surface area contributed by atoms with Crippen molar-refractivity contribution in [2.45, 2.75) is 12.8 Å². The molecular formula is C22H21BrN4O3S. The lowest BCUT2D eigenvalue weighted by atomic mass is 9.95. The first kappa shape index (κ1) is 20.3. The third-order valence-electron chi connectivity index (χ3n) is 5.48. The van der Waals surface area contributed by atoms with E-state index in [2.05, 4.69) is 36.3 Å². The Morgan fingerprint density at radius 3 is 2.55 bits per heavy atom. The molecule has 1 aromatic carbocycles. The van der Waals surface area contributed by atoms with Gasteiger partial charge in [-0.05, 0) is 65.2 Å². The molecule has 3 aromatic rings. The lowest BCUT2D eigenvalue weighted by Gasteiger charge is -2.31. The highest BCUT2D eigenvalue weighted by Crippen LogP contribution is 2.33. The summed E-state index contributed by atoms with van der Waals surface area (Å²) in [6.45, 7) is 2.63. The molecule has 0 atom stereocenters. The van der Waals surface area contributed by atoms with Crippen LogP contribution in [0.25, 0.3) is 10.6 Å². The van der Waals surface area contributed by atoms with Crippen LogP contribution in [0.3, 0.4) is 0 Å². The molecule has 1 saturated heterocycles. The van der Waals surface area contributed by atoms with E-state index < -0.39 is 0 Å². The number of fused-ring (bicyclic) bond motifs is 1. The standard InChI is InChI=1S/C22H21BrN4O3S/c23-20-5-4-19(31-20)16-2-6-21(26-25-16)27-9-7-14(8-10-27)22(28)24-15-1-3-17-18(13-15)30-12-11-29-17/h1-6,13-14H,7-12H2,(H,24,28). The molecular weight excluding hydrogens is 480 g/mol. The molecule has 0 radical (unpaired) electrons. The Morgan fingerprint density at radius 1 is 1.03 bits per heavy atom. The predicted octanol–water partition coefficient (Wildman–Crippen LogP) is 4.59. The third kappa shape index (κ3) is 4.52. The number of hydrogen-bond donors (Lipinski definition) is 1. The Hall–Kier alpha value is -2.65. The van der Waals surface area contributed by atoms with Gasteiger partial charge in [-0.25, -0.2) is 0 Å². The summed E-state index contributed by atoms with van der Waals surface area (Å²) in [6, 6.07) is 13.6. The minimum atomic E-state index is -0.0276. The largest absolute Gasteiger partial charge is 0.486 e. The number of anilines is 2. The highest BCUT2D eigenvalue weighted by atomic mass is 79.9. The molecule has 1 N–H and O–H groups in total. The van der Waals surface area contributed by atoms with Crippen molar-refractivity contribution in [3.05, 3.63) is 46.3 Å². The van der Waals surface area contributed by atoms with Crippen molar-refractivity contribution in [3.8, 4) is 22.1 Å². The minimum absolute atomic E-state index is 0.0276. The van der Waals surface area contributed by atoms with Crippen molar-refractivity contribution in [1.29, 1.82) is 0 Å². The van der Waals surface area contributed by atoms with Crippen LogP contribution in [0.5, 0.6) is 11.5 Å². The van der Waals surface area contributed by atoms with Gasteiger partial charge in [0.25, 0.3) is 0 Å². The molecule has 0 unspecified atom stereocenters. The number of hydrogen-bond acceptors (Lipinski definition) is 7. The van der Waals surface area contributed by atoms with Crippen LogP contribution in [0.1, 0.15) is 12.8 Å². The Morgan fingerprint density at radius 2 is 1.84 bits per heavy atom. The smallest absolute Gasteiger partial charge is 0.227 e. The number of aromatic nitrogens is 2. The maximum Gasteiger partial charge on any atom is 0.227 e. The number of rotatable bonds is 4. The normalized spacial score (nSPS) is 16.2. The van der Waals surface area contributed by atoms with Gasteiger partial charge < -0.3 is 19.7 Å². The molecule has 4 heterocycles. The zero-order valence-electron chi connectivity index (χ0n) is 16.7. The van der Waals surface area contributed by atoms with Crippen LogP contribution in [-0.2, 0) is 4.79 Å². The second-order valence-electron chi connectivity index (χ2n) is 7.49. The molecule has 1 amide bonds. The summed E-state index contributed by atoms with van der Waals surface area (Å²) in [5.74, 6) is 2.26. The maximum atomic E-state index is 12.7. The van der Waals surface area contributed by atoms with E-state index >= 15 is 0 Å². The summed E-state index contributed by atoms with van der Waals surface area (Å²) in [6.07, 6.45) is 1.55. The average Bonchev–Trinajstić information content (AvgIpc) is 3.25. The zero-order chi connectivity index (χ0) is 21.2. The molecule has 160 valence electrons. The number of nitrogens with zero attached hydrogens (tertiary/aromatic N) is 3. The van der Waals surface area contributed by atoms with Crippen LogP contribution >= 0.6 is 27.3 Å². The van der Waals surface area contributed by atoms with E-state index in [1.165, 1.54) is 0 Å². The molecule has 2 aliphatic heterocycles. The van der Waals surface area contributed by atoms with Gasteiger partial charge in [-0.15, -0.1) is 21.5 Å². The number of amides is 1. The third-order valence-corrected chi connectivity index (χ3v) is 7.12. The second-order valence-corrected chi connectivity index (χ2v) is 9.95. The predicted molar refractivity (Wildman–Crippen MR) is 124 cm³/mol. The molecule has 7 nitrogen and oxygen atoms in total. The lowest BCUT2D eigenvalue weighted by Crippen LogP contribution is -2.38. The maximum absolute atomic E-state index is 12.7. The van der Waals surface area contributed by atoms with Crippen molar-refractivity contribution in [2.24, 2.45) is 5.92 Å². The summed E-state index contributed by atoms with van der Waals surface area (Å²) >= 11 is 5.11. The second kappa shape index (κ2) is 8.84. The number of carbonyl (C=O) groups excluding carboxylic acids is 1. The highest BCUT2D eigenvalue weighted by molar-refractivity contribution is 9.11. The molecule has 1 fully saturated rings. The van der Waals surface area contributed by atoms with Crippen molar-refractivity contribution in [3.63, 3.8) is 0 Å². The van der Waals surface area contributed by atoms with Crippen LogP contribution in [0, 0.1) is 5.92 Å². The average molecular weight is 501 g/mol. The molecule has 0 bridgehead atoms. The SMILES string of the molecule is O=C(Nc1ccc2c(c1)OCCO2)C1CCN(c2ccc(-c3ccc(Br)s3)nn2)CC1. The molecule has 0 aliphatic carbocycles. The van der Waals surface area contributed by atoms with E-state index in [0.717, 1.165) is 57.5 Å². The summed E-state index contributed by atoms with van der Waals surface area (Å²) in [7, 11) is 0. The van der Waals surface area contributed by atoms with Gasteiger partial charge in [-0.3, -0.25) is 4.79 Å². The van der Waals surface area contributed by atoms with Crippen LogP contribution < -0.4 is 19.7 Å². The Balaban J connectivity index is 1.17. The Kier molecular flexibility index (Phi) is 5.78. The van der Waals surface area contributed by atoms with Crippen LogP contribution in [-0.4, -0.2) is 42.4 Å².